The highest BCUT2D eigenvalue weighted by Crippen LogP contribution is 2.31. The van der Waals surface area contributed by atoms with Crippen molar-refractivity contribution in [3.8, 4) is 11.5 Å². The number of hydrogen-bond donors (Lipinski definition) is 0. The van der Waals surface area contributed by atoms with Crippen LogP contribution in [0.5, 0.6) is 11.5 Å². The predicted molar refractivity (Wildman–Crippen MR) is 95.4 cm³/mol. The zero-order valence-corrected chi connectivity index (χ0v) is 14.8. The van der Waals surface area contributed by atoms with Gasteiger partial charge in [-0.1, -0.05) is 12.1 Å². The van der Waals surface area contributed by atoms with Crippen LogP contribution >= 0.6 is 11.3 Å². The van der Waals surface area contributed by atoms with E-state index in [9.17, 15) is 4.79 Å². The Labute approximate surface area is 151 Å². The highest BCUT2D eigenvalue weighted by atomic mass is 32.1. The van der Waals surface area contributed by atoms with Crippen LogP contribution in [0.25, 0.3) is 0 Å². The van der Waals surface area contributed by atoms with Gasteiger partial charge in [0.25, 0.3) is 5.91 Å². The van der Waals surface area contributed by atoms with Gasteiger partial charge >= 0.3 is 0 Å². The molecule has 1 aromatic heterocycles. The highest BCUT2D eigenvalue weighted by Gasteiger charge is 2.26. The molecule has 1 atom stereocenters. The van der Waals surface area contributed by atoms with Crippen molar-refractivity contribution in [3.05, 3.63) is 40.8 Å². The van der Waals surface area contributed by atoms with Crippen LogP contribution in [0.1, 0.15) is 16.9 Å². The summed E-state index contributed by atoms with van der Waals surface area (Å²) in [7, 11) is 0. The number of carbonyl (C=O) groups excluding carboxylic acids is 1. The second-order valence-corrected chi connectivity index (χ2v) is 7.04. The molecule has 7 heteroatoms. The van der Waals surface area contributed by atoms with Crippen LogP contribution in [-0.4, -0.2) is 66.1 Å². The Morgan fingerprint density at radius 1 is 1.20 bits per heavy atom. The summed E-state index contributed by atoms with van der Waals surface area (Å²) in [4.78, 5) is 20.9. The third-order valence-corrected chi connectivity index (χ3v) is 5.14. The Balaban J connectivity index is 1.32. The predicted octanol–water partition coefficient (Wildman–Crippen LogP) is 2.13. The third-order valence-electron chi connectivity index (χ3n) is 4.56. The summed E-state index contributed by atoms with van der Waals surface area (Å²) in [6, 6.07) is 7.78. The van der Waals surface area contributed by atoms with Crippen LogP contribution in [0.3, 0.4) is 0 Å². The topological polar surface area (TPSA) is 54.9 Å². The Morgan fingerprint density at radius 2 is 2.08 bits per heavy atom. The summed E-state index contributed by atoms with van der Waals surface area (Å²) in [6.07, 6.45) is 0.982. The first-order valence-corrected chi connectivity index (χ1v) is 9.52. The van der Waals surface area contributed by atoms with Crippen molar-refractivity contribution in [2.24, 2.45) is 0 Å². The largest absolute Gasteiger partial charge is 0.486 e. The first kappa shape index (κ1) is 16.4. The number of rotatable bonds is 3. The standard InChI is InChI=1S/C18H21N3O3S/c22-18(15-12-25-13-19-15)21-7-3-6-20(8-9-21)10-14-11-23-16-4-1-2-5-17(16)24-14/h1-2,4-5,12-14H,3,6-11H2. The van der Waals surface area contributed by atoms with Gasteiger partial charge in [-0.25, -0.2) is 4.98 Å². The number of thiazole rings is 1. The molecular weight excluding hydrogens is 338 g/mol. The monoisotopic (exact) mass is 359 g/mol. The summed E-state index contributed by atoms with van der Waals surface area (Å²) >= 11 is 1.46. The normalized spacial score (nSPS) is 21.0. The van der Waals surface area contributed by atoms with Crippen molar-refractivity contribution >= 4 is 17.2 Å². The summed E-state index contributed by atoms with van der Waals surface area (Å²) in [5, 5.41) is 1.82. The smallest absolute Gasteiger partial charge is 0.273 e. The molecule has 132 valence electrons. The molecule has 2 aliphatic heterocycles. The van der Waals surface area contributed by atoms with E-state index in [4.69, 9.17) is 9.47 Å². The Morgan fingerprint density at radius 3 is 2.92 bits per heavy atom. The van der Waals surface area contributed by atoms with E-state index in [0.29, 0.717) is 12.3 Å². The lowest BCUT2D eigenvalue weighted by Crippen LogP contribution is -2.42. The molecule has 0 aliphatic carbocycles. The van der Waals surface area contributed by atoms with Gasteiger partial charge in [0.1, 0.15) is 18.4 Å². The fraction of sp³-hybridized carbons (Fsp3) is 0.444. The minimum Gasteiger partial charge on any atom is -0.486 e. The third kappa shape index (κ3) is 3.77. The first-order chi connectivity index (χ1) is 12.3. The number of aromatic nitrogens is 1. The first-order valence-electron chi connectivity index (χ1n) is 8.58. The molecule has 1 saturated heterocycles. The minimum absolute atomic E-state index is 0.0238. The van der Waals surface area contributed by atoms with Crippen molar-refractivity contribution in [2.45, 2.75) is 12.5 Å². The SMILES string of the molecule is O=C(c1cscn1)N1CCCN(CC2COc3ccccc3O2)CC1. The molecule has 1 unspecified atom stereocenters. The zero-order valence-electron chi connectivity index (χ0n) is 14.0. The molecule has 6 nitrogen and oxygen atoms in total. The summed E-state index contributed by atoms with van der Waals surface area (Å²) < 4.78 is 11.8. The van der Waals surface area contributed by atoms with Crippen molar-refractivity contribution < 1.29 is 14.3 Å². The van der Waals surface area contributed by atoms with Gasteiger partial charge in [-0.05, 0) is 18.6 Å². The van der Waals surface area contributed by atoms with Crippen LogP contribution in [0.4, 0.5) is 0 Å². The van der Waals surface area contributed by atoms with Crippen molar-refractivity contribution in [3.63, 3.8) is 0 Å². The number of amides is 1. The maximum atomic E-state index is 12.5. The van der Waals surface area contributed by atoms with E-state index >= 15 is 0 Å². The number of fused-ring (bicyclic) bond motifs is 1. The number of para-hydroxylation sites is 2. The quantitative estimate of drug-likeness (QED) is 0.840. The zero-order chi connectivity index (χ0) is 17.1. The van der Waals surface area contributed by atoms with Gasteiger partial charge in [0.2, 0.25) is 0 Å². The van der Waals surface area contributed by atoms with Gasteiger partial charge in [0.05, 0.1) is 5.51 Å². The molecule has 0 bridgehead atoms. The van der Waals surface area contributed by atoms with E-state index in [-0.39, 0.29) is 12.0 Å². The van der Waals surface area contributed by atoms with Crippen LogP contribution in [0.2, 0.25) is 0 Å². The molecule has 1 fully saturated rings. The molecule has 4 rings (SSSR count). The average molecular weight is 359 g/mol. The van der Waals surface area contributed by atoms with Crippen LogP contribution in [-0.2, 0) is 0 Å². The molecule has 0 saturated carbocycles. The number of carbonyl (C=O) groups is 1. The molecule has 2 aromatic rings. The van der Waals surface area contributed by atoms with Gasteiger partial charge in [0, 0.05) is 38.1 Å². The molecule has 0 radical (unpaired) electrons. The Bertz CT molecular complexity index is 722. The molecule has 25 heavy (non-hydrogen) atoms. The Kier molecular flexibility index (Phi) is 4.85. The van der Waals surface area contributed by atoms with E-state index < -0.39 is 0 Å². The summed E-state index contributed by atoms with van der Waals surface area (Å²) in [5.41, 5.74) is 2.26. The van der Waals surface area contributed by atoms with E-state index in [1.165, 1.54) is 11.3 Å². The lowest BCUT2D eigenvalue weighted by Gasteiger charge is -2.30. The van der Waals surface area contributed by atoms with Gasteiger partial charge in [-0.3, -0.25) is 9.69 Å². The molecule has 1 amide bonds. The maximum absolute atomic E-state index is 12.5. The lowest BCUT2D eigenvalue weighted by molar-refractivity contribution is 0.0587. The van der Waals surface area contributed by atoms with Crippen LogP contribution in [0, 0.1) is 0 Å². The molecule has 0 N–H and O–H groups in total. The second-order valence-electron chi connectivity index (χ2n) is 6.32. The van der Waals surface area contributed by atoms with Gasteiger partial charge in [-0.15, -0.1) is 11.3 Å². The van der Waals surface area contributed by atoms with Crippen molar-refractivity contribution in [1.82, 2.24) is 14.8 Å². The molecule has 1 aromatic carbocycles. The second kappa shape index (κ2) is 7.41. The van der Waals surface area contributed by atoms with Crippen molar-refractivity contribution in [1.29, 1.82) is 0 Å². The average Bonchev–Trinajstić information content (AvgIpc) is 3.08. The van der Waals surface area contributed by atoms with Crippen LogP contribution in [0.15, 0.2) is 35.2 Å². The van der Waals surface area contributed by atoms with E-state index in [1.807, 2.05) is 34.5 Å². The minimum atomic E-state index is 0.0238. The van der Waals surface area contributed by atoms with Crippen molar-refractivity contribution in [2.75, 3.05) is 39.3 Å². The maximum Gasteiger partial charge on any atom is 0.273 e. The fourth-order valence-corrected chi connectivity index (χ4v) is 3.80. The van der Waals surface area contributed by atoms with Crippen LogP contribution < -0.4 is 9.47 Å². The van der Waals surface area contributed by atoms with E-state index in [1.54, 1.807) is 5.51 Å². The van der Waals surface area contributed by atoms with Gasteiger partial charge in [0.15, 0.2) is 11.5 Å². The van der Waals surface area contributed by atoms with E-state index in [0.717, 1.165) is 50.6 Å². The molecular formula is C18H21N3O3S. The molecule has 0 spiro atoms. The molecule has 2 aliphatic rings. The number of ether oxygens (including phenoxy) is 2. The lowest BCUT2D eigenvalue weighted by atomic mass is 10.2. The highest BCUT2D eigenvalue weighted by molar-refractivity contribution is 7.07. The van der Waals surface area contributed by atoms with E-state index in [2.05, 4.69) is 9.88 Å². The van der Waals surface area contributed by atoms with Gasteiger partial charge in [-0.2, -0.15) is 0 Å². The van der Waals surface area contributed by atoms with Gasteiger partial charge < -0.3 is 14.4 Å². The summed E-state index contributed by atoms with van der Waals surface area (Å²) in [6.45, 7) is 4.68. The summed E-state index contributed by atoms with van der Waals surface area (Å²) in [5.74, 6) is 1.66. The number of benzene rings is 1. The Hall–Kier alpha value is -2.12. The molecule has 3 heterocycles. The number of hydrogen-bond acceptors (Lipinski definition) is 6. The number of nitrogens with zero attached hydrogens (tertiary/aromatic N) is 3. The fourth-order valence-electron chi connectivity index (χ4n) is 3.28.